The maximum atomic E-state index is 13.8. The van der Waals surface area contributed by atoms with E-state index in [0.717, 1.165) is 23.5 Å². The molecule has 5 nitrogen and oxygen atoms in total. The van der Waals surface area contributed by atoms with Gasteiger partial charge in [-0.1, -0.05) is 60.2 Å². The molecule has 32 heavy (non-hydrogen) atoms. The van der Waals surface area contributed by atoms with Gasteiger partial charge in [-0.15, -0.1) is 0 Å². The molecule has 5 heteroatoms. The maximum absolute atomic E-state index is 13.8. The van der Waals surface area contributed by atoms with Crippen molar-refractivity contribution in [2.45, 2.75) is 13.1 Å². The maximum Gasteiger partial charge on any atom is 0.212 e. The van der Waals surface area contributed by atoms with Crippen molar-refractivity contribution in [1.29, 1.82) is 0 Å². The molecule has 1 aliphatic carbocycles. The summed E-state index contributed by atoms with van der Waals surface area (Å²) in [7, 11) is 0. The van der Waals surface area contributed by atoms with Gasteiger partial charge in [0, 0.05) is 35.6 Å². The summed E-state index contributed by atoms with van der Waals surface area (Å²) in [5, 5.41) is 0. The van der Waals surface area contributed by atoms with Crippen LogP contribution in [0.25, 0.3) is 0 Å². The van der Waals surface area contributed by atoms with Crippen LogP contribution in [0.3, 0.4) is 0 Å². The molecular weight excluding hydrogens is 398 g/mol. The number of benzene rings is 3. The summed E-state index contributed by atoms with van der Waals surface area (Å²) < 4.78 is 0. The second kappa shape index (κ2) is 7.09. The van der Waals surface area contributed by atoms with Gasteiger partial charge in [-0.05, 0) is 31.2 Å². The van der Waals surface area contributed by atoms with E-state index in [-0.39, 0.29) is 17.7 Å². The number of fused-ring (bicyclic) bond motifs is 4. The van der Waals surface area contributed by atoms with Crippen LogP contribution in [0.1, 0.15) is 26.3 Å². The number of carbonyl (C=O) groups is 2. The summed E-state index contributed by atoms with van der Waals surface area (Å²) in [4.78, 5) is 34.0. The number of rotatable bonds is 2. The molecule has 0 aromatic heterocycles. The topological polar surface area (TPSA) is 43.9 Å². The first-order chi connectivity index (χ1) is 15.6. The lowest BCUT2D eigenvalue weighted by Crippen LogP contribution is -2.65. The monoisotopic (exact) mass is 421 g/mol. The highest BCUT2D eigenvalue weighted by Gasteiger charge is 2.47. The first kappa shape index (κ1) is 18.9. The summed E-state index contributed by atoms with van der Waals surface area (Å²) in [6, 6.07) is 25.7. The highest BCUT2D eigenvalue weighted by atomic mass is 16.1. The van der Waals surface area contributed by atoms with Crippen molar-refractivity contribution in [3.63, 3.8) is 0 Å². The fourth-order valence-electron chi connectivity index (χ4n) is 5.13. The van der Waals surface area contributed by atoms with E-state index in [0.29, 0.717) is 35.6 Å². The molecule has 1 atom stereocenters. The van der Waals surface area contributed by atoms with E-state index in [1.807, 2.05) is 42.5 Å². The number of anilines is 2. The van der Waals surface area contributed by atoms with Crippen LogP contribution in [-0.4, -0.2) is 42.3 Å². The van der Waals surface area contributed by atoms with Crippen LogP contribution in [0, 0.1) is 6.92 Å². The van der Waals surface area contributed by atoms with Crippen LogP contribution in [0.15, 0.2) is 90.3 Å². The third kappa shape index (κ3) is 2.71. The Morgan fingerprint density at radius 2 is 1.31 bits per heavy atom. The fraction of sp³-hybridized carbons (Fsp3) is 0.185. The minimum absolute atomic E-state index is 0.0566. The standard InChI is InChI=1S/C27H23N3O2/c1-18-11-13-20(14-12-18)30-23-17-28(15-16-29(23)19-7-3-2-4-8-19)24-25(30)27(32)22-10-6-5-9-21(22)26(24)31/h2-14,23H,15-17H2,1H3. The molecule has 6 rings (SSSR count). The van der Waals surface area contributed by atoms with Crippen molar-refractivity contribution in [3.05, 3.63) is 107 Å². The molecule has 3 aromatic carbocycles. The minimum atomic E-state index is -0.0883. The number of nitrogens with zero attached hydrogens (tertiary/aromatic N) is 3. The van der Waals surface area contributed by atoms with E-state index in [4.69, 9.17) is 0 Å². The smallest absolute Gasteiger partial charge is 0.212 e. The molecule has 2 bridgehead atoms. The molecule has 0 amide bonds. The van der Waals surface area contributed by atoms with Crippen LogP contribution in [0.4, 0.5) is 11.4 Å². The lowest BCUT2D eigenvalue weighted by molar-refractivity contribution is 0.0910. The van der Waals surface area contributed by atoms with Gasteiger partial charge < -0.3 is 14.7 Å². The lowest BCUT2D eigenvalue weighted by Gasteiger charge is -2.54. The number of allylic oxidation sites excluding steroid dienone is 2. The van der Waals surface area contributed by atoms with Crippen LogP contribution in [-0.2, 0) is 0 Å². The second-order valence-corrected chi connectivity index (χ2v) is 8.56. The Bertz CT molecular complexity index is 1260. The average Bonchev–Trinajstić information content (AvgIpc) is 2.84. The quantitative estimate of drug-likeness (QED) is 0.619. The summed E-state index contributed by atoms with van der Waals surface area (Å²) in [6.07, 6.45) is -0.0883. The third-order valence-electron chi connectivity index (χ3n) is 6.68. The largest absolute Gasteiger partial charge is 0.361 e. The molecule has 1 unspecified atom stereocenters. The van der Waals surface area contributed by atoms with Crippen molar-refractivity contribution in [1.82, 2.24) is 4.90 Å². The molecule has 0 N–H and O–H groups in total. The van der Waals surface area contributed by atoms with Crippen molar-refractivity contribution in [2.24, 2.45) is 0 Å². The molecule has 1 fully saturated rings. The minimum Gasteiger partial charge on any atom is -0.361 e. The lowest BCUT2D eigenvalue weighted by atomic mass is 9.86. The zero-order valence-corrected chi connectivity index (χ0v) is 17.9. The third-order valence-corrected chi connectivity index (χ3v) is 6.68. The van der Waals surface area contributed by atoms with Gasteiger partial charge in [-0.25, -0.2) is 0 Å². The number of piperazine rings is 1. The summed E-state index contributed by atoms with van der Waals surface area (Å²) in [5.74, 6) is -0.140. The Morgan fingerprint density at radius 3 is 2.00 bits per heavy atom. The van der Waals surface area contributed by atoms with Crippen molar-refractivity contribution in [3.8, 4) is 0 Å². The highest BCUT2D eigenvalue weighted by Crippen LogP contribution is 2.41. The van der Waals surface area contributed by atoms with Crippen LogP contribution >= 0.6 is 0 Å². The first-order valence-corrected chi connectivity index (χ1v) is 11.0. The molecular formula is C27H23N3O2. The zero-order chi connectivity index (χ0) is 21.8. The summed E-state index contributed by atoms with van der Waals surface area (Å²) in [5.41, 5.74) is 5.23. The van der Waals surface area contributed by atoms with Gasteiger partial charge in [0.25, 0.3) is 0 Å². The van der Waals surface area contributed by atoms with Crippen molar-refractivity contribution < 1.29 is 9.59 Å². The number of hydrogen-bond donors (Lipinski definition) is 0. The molecule has 3 aliphatic rings. The molecule has 2 heterocycles. The van der Waals surface area contributed by atoms with Gasteiger partial charge in [0.2, 0.25) is 11.6 Å². The Labute approximate surface area is 187 Å². The second-order valence-electron chi connectivity index (χ2n) is 8.56. The predicted octanol–water partition coefficient (Wildman–Crippen LogP) is 4.25. The Hall–Kier alpha value is -3.86. The Morgan fingerprint density at radius 1 is 0.688 bits per heavy atom. The number of carbonyl (C=O) groups excluding carboxylic acids is 2. The van der Waals surface area contributed by atoms with Gasteiger partial charge in [-0.3, -0.25) is 9.59 Å². The van der Waals surface area contributed by atoms with E-state index in [1.165, 1.54) is 0 Å². The van der Waals surface area contributed by atoms with Gasteiger partial charge in [-0.2, -0.15) is 0 Å². The van der Waals surface area contributed by atoms with Crippen LogP contribution < -0.4 is 9.80 Å². The highest BCUT2D eigenvalue weighted by molar-refractivity contribution is 6.28. The number of hydrogen-bond acceptors (Lipinski definition) is 5. The molecule has 0 spiro atoms. The van der Waals surface area contributed by atoms with E-state index in [1.54, 1.807) is 12.1 Å². The molecule has 1 saturated heterocycles. The number of aryl methyl sites for hydroxylation is 1. The Kier molecular flexibility index (Phi) is 4.18. The molecule has 158 valence electrons. The first-order valence-electron chi connectivity index (χ1n) is 11.0. The van der Waals surface area contributed by atoms with Crippen LogP contribution in [0.2, 0.25) is 0 Å². The van der Waals surface area contributed by atoms with E-state index in [9.17, 15) is 9.59 Å². The number of Topliss-reactive ketones (excluding diaryl/α,β-unsaturated/α-hetero) is 2. The average molecular weight is 422 g/mol. The van der Waals surface area contributed by atoms with Crippen LogP contribution in [0.5, 0.6) is 0 Å². The molecule has 0 radical (unpaired) electrons. The zero-order valence-electron chi connectivity index (χ0n) is 17.9. The summed E-state index contributed by atoms with van der Waals surface area (Å²) in [6.45, 7) is 4.18. The molecule has 0 saturated carbocycles. The van der Waals surface area contributed by atoms with Gasteiger partial charge in [0.15, 0.2) is 0 Å². The summed E-state index contributed by atoms with van der Waals surface area (Å²) >= 11 is 0. The molecule has 3 aromatic rings. The predicted molar refractivity (Wildman–Crippen MR) is 125 cm³/mol. The van der Waals surface area contributed by atoms with Gasteiger partial charge in [0.05, 0.1) is 6.54 Å². The van der Waals surface area contributed by atoms with Crippen molar-refractivity contribution >= 4 is 22.9 Å². The number of para-hydroxylation sites is 1. The normalized spacial score (nSPS) is 19.8. The SMILES string of the molecule is Cc1ccc(N2C3=C(C(=O)c4ccccc4C3=O)N3CCN(c4ccccc4)C2C3)cc1. The fourth-order valence-corrected chi connectivity index (χ4v) is 5.13. The number of ketones is 2. The van der Waals surface area contributed by atoms with Gasteiger partial charge in [0.1, 0.15) is 17.6 Å². The molecule has 2 aliphatic heterocycles. The van der Waals surface area contributed by atoms with E-state index < -0.39 is 0 Å². The Balaban J connectivity index is 1.57. The van der Waals surface area contributed by atoms with E-state index in [2.05, 4.69) is 45.9 Å². The van der Waals surface area contributed by atoms with E-state index >= 15 is 0 Å². The van der Waals surface area contributed by atoms with Crippen molar-refractivity contribution in [2.75, 3.05) is 29.4 Å². The van der Waals surface area contributed by atoms with Gasteiger partial charge >= 0.3 is 0 Å².